The summed E-state index contributed by atoms with van der Waals surface area (Å²) in [6.07, 6.45) is 0. The Bertz CT molecular complexity index is 344. The van der Waals surface area contributed by atoms with Crippen molar-refractivity contribution in [1.29, 1.82) is 5.26 Å². The minimum absolute atomic E-state index is 0.135. The molecule has 0 spiro atoms. The zero-order valence-electron chi connectivity index (χ0n) is 6.14. The average Bonchev–Trinajstić information content (AvgIpc) is 2.10. The van der Waals surface area contributed by atoms with Crippen LogP contribution in [0.15, 0.2) is 16.6 Å². The number of nitrogens with zero attached hydrogens (tertiary/aromatic N) is 1. The Morgan fingerprint density at radius 2 is 2.25 bits per heavy atom. The molecule has 1 rings (SSSR count). The summed E-state index contributed by atoms with van der Waals surface area (Å²) in [7, 11) is 0. The van der Waals surface area contributed by atoms with Crippen molar-refractivity contribution in [3.8, 4) is 6.07 Å². The van der Waals surface area contributed by atoms with Crippen LogP contribution >= 0.6 is 15.9 Å². The molecule has 1 aromatic rings. The molecule has 0 aliphatic heterocycles. The summed E-state index contributed by atoms with van der Waals surface area (Å²) in [6.45, 7) is 0.135. The molecule has 1 aromatic carbocycles. The zero-order valence-corrected chi connectivity index (χ0v) is 7.73. The van der Waals surface area contributed by atoms with Gasteiger partial charge >= 0.3 is 0 Å². The van der Waals surface area contributed by atoms with Crippen LogP contribution in [0, 0.1) is 17.1 Å². The van der Waals surface area contributed by atoms with Gasteiger partial charge in [-0.25, -0.2) is 4.39 Å². The second kappa shape index (κ2) is 3.65. The van der Waals surface area contributed by atoms with E-state index in [1.54, 1.807) is 0 Å². The molecular weight excluding hydrogens is 223 g/mol. The number of benzene rings is 1. The Morgan fingerprint density at radius 3 is 2.75 bits per heavy atom. The first-order valence-electron chi connectivity index (χ1n) is 3.27. The molecule has 0 aromatic heterocycles. The minimum atomic E-state index is -0.448. The number of nitriles is 1. The van der Waals surface area contributed by atoms with E-state index in [1.165, 1.54) is 12.1 Å². The highest BCUT2D eigenvalue weighted by Gasteiger charge is 2.08. The van der Waals surface area contributed by atoms with Gasteiger partial charge in [0.25, 0.3) is 0 Å². The summed E-state index contributed by atoms with van der Waals surface area (Å²) in [6, 6.07) is 4.91. The fourth-order valence-corrected chi connectivity index (χ4v) is 1.31. The Hall–Kier alpha value is -0.920. The van der Waals surface area contributed by atoms with Crippen LogP contribution in [0.3, 0.4) is 0 Å². The summed E-state index contributed by atoms with van der Waals surface area (Å²) in [4.78, 5) is 0. The third kappa shape index (κ3) is 1.47. The number of hydrogen-bond acceptors (Lipinski definition) is 2. The van der Waals surface area contributed by atoms with Crippen molar-refractivity contribution < 1.29 is 4.39 Å². The summed E-state index contributed by atoms with van der Waals surface area (Å²) < 4.78 is 13.4. The summed E-state index contributed by atoms with van der Waals surface area (Å²) in [5, 5.41) is 8.53. The first-order chi connectivity index (χ1) is 5.70. The minimum Gasteiger partial charge on any atom is -0.326 e. The van der Waals surface area contributed by atoms with Gasteiger partial charge in [0, 0.05) is 12.1 Å². The van der Waals surface area contributed by atoms with Crippen LogP contribution in [-0.4, -0.2) is 0 Å². The van der Waals surface area contributed by atoms with E-state index in [9.17, 15) is 4.39 Å². The molecule has 12 heavy (non-hydrogen) atoms. The highest BCUT2D eigenvalue weighted by Crippen LogP contribution is 2.22. The largest absolute Gasteiger partial charge is 0.326 e. The first kappa shape index (κ1) is 9.17. The lowest BCUT2D eigenvalue weighted by Gasteiger charge is -2.02. The molecule has 2 nitrogen and oxygen atoms in total. The maximum absolute atomic E-state index is 13.2. The normalized spacial score (nSPS) is 9.50. The maximum Gasteiger partial charge on any atom is 0.143 e. The summed E-state index contributed by atoms with van der Waals surface area (Å²) in [5.74, 6) is -0.448. The highest BCUT2D eigenvalue weighted by molar-refractivity contribution is 9.10. The monoisotopic (exact) mass is 228 g/mol. The molecule has 0 heterocycles. The van der Waals surface area contributed by atoms with Crippen molar-refractivity contribution in [3.05, 3.63) is 33.5 Å². The third-order valence-electron chi connectivity index (χ3n) is 1.50. The van der Waals surface area contributed by atoms with E-state index in [4.69, 9.17) is 11.0 Å². The quantitative estimate of drug-likeness (QED) is 0.799. The first-order valence-corrected chi connectivity index (χ1v) is 4.07. The molecule has 0 saturated heterocycles. The van der Waals surface area contributed by atoms with Gasteiger partial charge in [0.15, 0.2) is 0 Å². The predicted molar refractivity (Wildman–Crippen MR) is 46.7 cm³/mol. The van der Waals surface area contributed by atoms with Crippen molar-refractivity contribution in [2.75, 3.05) is 0 Å². The van der Waals surface area contributed by atoms with Crippen molar-refractivity contribution in [2.45, 2.75) is 6.54 Å². The molecule has 2 N–H and O–H groups in total. The fourth-order valence-electron chi connectivity index (χ4n) is 0.833. The number of nitrogens with two attached hydrogens (primary N) is 1. The van der Waals surface area contributed by atoms with E-state index in [0.717, 1.165) is 0 Å². The zero-order chi connectivity index (χ0) is 9.14. The molecule has 0 aliphatic carbocycles. The molecule has 0 amide bonds. The van der Waals surface area contributed by atoms with Gasteiger partial charge in [0.1, 0.15) is 11.9 Å². The van der Waals surface area contributed by atoms with Crippen LogP contribution in [0.25, 0.3) is 0 Å². The number of halogens is 2. The lowest BCUT2D eigenvalue weighted by molar-refractivity contribution is 0.603. The molecule has 0 unspecified atom stereocenters. The molecule has 0 radical (unpaired) electrons. The lowest BCUT2D eigenvalue weighted by atomic mass is 10.1. The molecule has 0 bridgehead atoms. The lowest BCUT2D eigenvalue weighted by Crippen LogP contribution is -2.00. The fraction of sp³-hybridized carbons (Fsp3) is 0.125. The van der Waals surface area contributed by atoms with Crippen LogP contribution in [0.5, 0.6) is 0 Å². The van der Waals surface area contributed by atoms with Crippen LogP contribution in [0.1, 0.15) is 11.1 Å². The predicted octanol–water partition coefficient (Wildman–Crippen LogP) is 1.92. The van der Waals surface area contributed by atoms with Crippen LogP contribution in [0.4, 0.5) is 4.39 Å². The van der Waals surface area contributed by atoms with Gasteiger partial charge in [0.2, 0.25) is 0 Å². The highest BCUT2D eigenvalue weighted by atomic mass is 79.9. The number of hydrogen-bond donors (Lipinski definition) is 1. The second-order valence-corrected chi connectivity index (χ2v) is 3.01. The topological polar surface area (TPSA) is 49.8 Å². The molecule has 0 atom stereocenters. The summed E-state index contributed by atoms with van der Waals surface area (Å²) >= 11 is 2.98. The molecule has 0 aliphatic rings. The Labute approximate surface area is 77.9 Å². The smallest absolute Gasteiger partial charge is 0.143 e. The van der Waals surface area contributed by atoms with Crippen molar-refractivity contribution >= 4 is 15.9 Å². The van der Waals surface area contributed by atoms with Gasteiger partial charge in [-0.1, -0.05) is 6.07 Å². The Morgan fingerprint density at radius 1 is 1.58 bits per heavy atom. The van der Waals surface area contributed by atoms with E-state index in [0.29, 0.717) is 5.56 Å². The van der Waals surface area contributed by atoms with E-state index in [-0.39, 0.29) is 16.6 Å². The number of rotatable bonds is 1. The molecule has 0 fully saturated rings. The maximum atomic E-state index is 13.2. The Balaban J connectivity index is 3.32. The van der Waals surface area contributed by atoms with Gasteiger partial charge in [0.05, 0.1) is 10.0 Å². The molecular formula is C8H6BrFN2. The average molecular weight is 229 g/mol. The van der Waals surface area contributed by atoms with Crippen molar-refractivity contribution in [2.24, 2.45) is 5.73 Å². The van der Waals surface area contributed by atoms with Crippen LogP contribution in [0.2, 0.25) is 0 Å². The van der Waals surface area contributed by atoms with E-state index in [1.807, 2.05) is 6.07 Å². The molecule has 4 heteroatoms. The van der Waals surface area contributed by atoms with Crippen LogP contribution in [-0.2, 0) is 6.54 Å². The van der Waals surface area contributed by atoms with E-state index in [2.05, 4.69) is 15.9 Å². The van der Waals surface area contributed by atoms with Gasteiger partial charge in [-0.05, 0) is 22.0 Å². The van der Waals surface area contributed by atoms with Gasteiger partial charge < -0.3 is 5.73 Å². The SMILES string of the molecule is N#Cc1ccc(CN)c(F)c1Br. The standard InChI is InChI=1S/C8H6BrFN2/c9-7-5(3-11)1-2-6(4-12)8(7)10/h1-2H,4,12H2. The molecule has 62 valence electrons. The summed E-state index contributed by atoms with van der Waals surface area (Å²) in [5.41, 5.74) is 5.95. The van der Waals surface area contributed by atoms with Crippen molar-refractivity contribution in [1.82, 2.24) is 0 Å². The van der Waals surface area contributed by atoms with Gasteiger partial charge in [-0.3, -0.25) is 0 Å². The van der Waals surface area contributed by atoms with Gasteiger partial charge in [-0.15, -0.1) is 0 Å². The van der Waals surface area contributed by atoms with Crippen molar-refractivity contribution in [3.63, 3.8) is 0 Å². The van der Waals surface area contributed by atoms with Gasteiger partial charge in [-0.2, -0.15) is 5.26 Å². The molecule has 0 saturated carbocycles. The van der Waals surface area contributed by atoms with E-state index >= 15 is 0 Å². The Kier molecular flexibility index (Phi) is 2.79. The van der Waals surface area contributed by atoms with E-state index < -0.39 is 5.82 Å². The second-order valence-electron chi connectivity index (χ2n) is 2.22. The van der Waals surface area contributed by atoms with Crippen LogP contribution < -0.4 is 5.73 Å². The third-order valence-corrected chi connectivity index (χ3v) is 2.28.